The largest absolute Gasteiger partial charge is 0.492 e. The van der Waals surface area contributed by atoms with Crippen LogP contribution in [0.2, 0.25) is 0 Å². The Morgan fingerprint density at radius 3 is 2.54 bits per heavy atom. The molecule has 0 radical (unpaired) electrons. The van der Waals surface area contributed by atoms with E-state index in [2.05, 4.69) is 10.0 Å². The molecule has 0 aliphatic heterocycles. The quantitative estimate of drug-likeness (QED) is 0.730. The highest BCUT2D eigenvalue weighted by molar-refractivity contribution is 7.89. The van der Waals surface area contributed by atoms with E-state index in [9.17, 15) is 13.2 Å². The first-order valence-corrected chi connectivity index (χ1v) is 8.89. The molecule has 7 nitrogen and oxygen atoms in total. The molecule has 0 saturated carbocycles. The summed E-state index contributed by atoms with van der Waals surface area (Å²) in [4.78, 5) is 12.2. The normalized spacial score (nSPS) is 11.3. The maximum atomic E-state index is 12.1. The van der Waals surface area contributed by atoms with Crippen molar-refractivity contribution in [3.8, 4) is 5.75 Å². The first kappa shape index (κ1) is 18.0. The van der Waals surface area contributed by atoms with Gasteiger partial charge in [-0.3, -0.25) is 4.79 Å². The van der Waals surface area contributed by atoms with E-state index in [4.69, 9.17) is 4.74 Å². The van der Waals surface area contributed by atoms with Crippen LogP contribution in [0.5, 0.6) is 5.75 Å². The summed E-state index contributed by atoms with van der Waals surface area (Å²) in [6.45, 7) is 2.62. The summed E-state index contributed by atoms with van der Waals surface area (Å²) in [7, 11) is -0.632. The summed E-state index contributed by atoms with van der Waals surface area (Å²) >= 11 is 0. The zero-order valence-electron chi connectivity index (χ0n) is 13.9. The molecule has 1 aromatic carbocycles. The van der Waals surface area contributed by atoms with E-state index in [0.29, 0.717) is 13.2 Å². The van der Waals surface area contributed by atoms with Crippen molar-refractivity contribution in [2.75, 3.05) is 20.2 Å². The number of aromatic nitrogens is 1. The number of benzene rings is 1. The van der Waals surface area contributed by atoms with Crippen LogP contribution >= 0.6 is 0 Å². The summed E-state index contributed by atoms with van der Waals surface area (Å²) in [6.07, 6.45) is 1.39. The fraction of sp³-hybridized carbons (Fsp3) is 0.312. The average Bonchev–Trinajstić information content (AvgIpc) is 2.96. The molecule has 0 saturated heterocycles. The third kappa shape index (κ3) is 4.36. The van der Waals surface area contributed by atoms with Crippen molar-refractivity contribution in [1.29, 1.82) is 0 Å². The molecule has 8 heteroatoms. The van der Waals surface area contributed by atoms with E-state index in [0.717, 1.165) is 11.3 Å². The molecule has 0 bridgehead atoms. The van der Waals surface area contributed by atoms with Crippen LogP contribution in [0.15, 0.2) is 41.4 Å². The molecule has 0 atom stereocenters. The molecule has 1 amide bonds. The molecule has 2 aromatic rings. The number of ether oxygens (including phenoxy) is 1. The average molecular weight is 351 g/mol. The molecular weight excluding hydrogens is 330 g/mol. The fourth-order valence-electron chi connectivity index (χ4n) is 2.08. The van der Waals surface area contributed by atoms with Crippen molar-refractivity contribution in [2.45, 2.75) is 11.8 Å². The Balaban J connectivity index is 1.90. The van der Waals surface area contributed by atoms with Crippen LogP contribution in [0.25, 0.3) is 0 Å². The minimum Gasteiger partial charge on any atom is -0.492 e. The van der Waals surface area contributed by atoms with Gasteiger partial charge < -0.3 is 14.6 Å². The zero-order valence-corrected chi connectivity index (χ0v) is 14.7. The first-order valence-electron chi connectivity index (χ1n) is 7.41. The Labute approximate surface area is 141 Å². The number of rotatable bonds is 7. The van der Waals surface area contributed by atoms with Crippen LogP contribution in [0.3, 0.4) is 0 Å². The maximum Gasteiger partial charge on any atom is 0.268 e. The Morgan fingerprint density at radius 1 is 1.25 bits per heavy atom. The summed E-state index contributed by atoms with van der Waals surface area (Å²) in [6, 6.07) is 8.96. The summed E-state index contributed by atoms with van der Waals surface area (Å²) in [5, 5.41) is 2.70. The molecule has 0 aliphatic rings. The van der Waals surface area contributed by atoms with Gasteiger partial charge in [-0.15, -0.1) is 0 Å². The van der Waals surface area contributed by atoms with Gasteiger partial charge in [0.05, 0.1) is 6.54 Å². The molecule has 2 N–H and O–H groups in total. The molecule has 0 fully saturated rings. The molecule has 0 spiro atoms. The van der Waals surface area contributed by atoms with Crippen LogP contribution in [0.1, 0.15) is 16.1 Å². The molecule has 0 aliphatic carbocycles. The van der Waals surface area contributed by atoms with Crippen molar-refractivity contribution in [3.05, 3.63) is 47.8 Å². The number of sulfonamides is 1. The first-order chi connectivity index (χ1) is 11.3. The summed E-state index contributed by atoms with van der Waals surface area (Å²) < 4.78 is 32.7. The number of hydrogen-bond donors (Lipinski definition) is 2. The minimum absolute atomic E-state index is 0.0496. The fourth-order valence-corrected chi connectivity index (χ4v) is 2.88. The Kier molecular flexibility index (Phi) is 5.63. The third-order valence-corrected chi connectivity index (χ3v) is 4.85. The van der Waals surface area contributed by atoms with Gasteiger partial charge in [0.15, 0.2) is 0 Å². The van der Waals surface area contributed by atoms with Crippen LogP contribution in [-0.2, 0) is 17.1 Å². The predicted octanol–water partition coefficient (Wildman–Crippen LogP) is 1.05. The molecule has 24 heavy (non-hydrogen) atoms. The van der Waals surface area contributed by atoms with Crippen LogP contribution in [0, 0.1) is 6.92 Å². The number of hydrogen-bond acceptors (Lipinski definition) is 4. The van der Waals surface area contributed by atoms with Gasteiger partial charge in [0.25, 0.3) is 5.91 Å². The van der Waals surface area contributed by atoms with Gasteiger partial charge in [0.1, 0.15) is 22.9 Å². The van der Waals surface area contributed by atoms with E-state index in [1.165, 1.54) is 23.9 Å². The number of nitrogens with zero attached hydrogens (tertiary/aromatic N) is 1. The number of nitrogens with one attached hydrogen (secondary N) is 2. The zero-order chi connectivity index (χ0) is 17.7. The monoisotopic (exact) mass is 351 g/mol. The minimum atomic E-state index is -3.57. The third-order valence-electron chi connectivity index (χ3n) is 3.47. The van der Waals surface area contributed by atoms with E-state index < -0.39 is 10.0 Å². The lowest BCUT2D eigenvalue weighted by Gasteiger charge is -2.08. The van der Waals surface area contributed by atoms with Crippen molar-refractivity contribution in [3.63, 3.8) is 0 Å². The highest BCUT2D eigenvalue weighted by Crippen LogP contribution is 2.13. The molecule has 130 valence electrons. The van der Waals surface area contributed by atoms with Gasteiger partial charge in [-0.1, -0.05) is 17.7 Å². The maximum absolute atomic E-state index is 12.1. The molecule has 1 heterocycles. The highest BCUT2D eigenvalue weighted by atomic mass is 32.2. The van der Waals surface area contributed by atoms with Gasteiger partial charge in [-0.05, 0) is 32.2 Å². The lowest BCUT2D eigenvalue weighted by Crippen LogP contribution is -2.29. The Hall–Kier alpha value is -2.32. The van der Waals surface area contributed by atoms with Crippen LogP contribution in [-0.4, -0.2) is 39.1 Å². The number of aryl methyl sites for hydroxylation is 2. The smallest absolute Gasteiger partial charge is 0.268 e. The molecular formula is C16H21N3O4S. The van der Waals surface area contributed by atoms with Crippen molar-refractivity contribution in [2.24, 2.45) is 7.05 Å². The van der Waals surface area contributed by atoms with Crippen molar-refractivity contribution >= 4 is 15.9 Å². The number of carbonyl (C=O) groups excluding carboxylic acids is 1. The summed E-state index contributed by atoms with van der Waals surface area (Å²) in [5.41, 5.74) is 1.41. The number of amides is 1. The van der Waals surface area contributed by atoms with Gasteiger partial charge in [-0.2, -0.15) is 0 Å². The lowest BCUT2D eigenvalue weighted by molar-refractivity contribution is 0.0939. The van der Waals surface area contributed by atoms with E-state index in [1.54, 1.807) is 7.05 Å². The molecule has 1 aromatic heterocycles. The lowest BCUT2D eigenvalue weighted by atomic mass is 10.2. The topological polar surface area (TPSA) is 89.4 Å². The summed E-state index contributed by atoms with van der Waals surface area (Å²) in [5.74, 6) is 0.374. The van der Waals surface area contributed by atoms with E-state index >= 15 is 0 Å². The van der Waals surface area contributed by atoms with Crippen molar-refractivity contribution in [1.82, 2.24) is 14.6 Å². The number of carbonyl (C=O) groups is 1. The van der Waals surface area contributed by atoms with Gasteiger partial charge in [-0.25, -0.2) is 13.1 Å². The van der Waals surface area contributed by atoms with E-state index in [-0.39, 0.29) is 16.5 Å². The van der Waals surface area contributed by atoms with Crippen LogP contribution < -0.4 is 14.8 Å². The van der Waals surface area contributed by atoms with Gasteiger partial charge in [0, 0.05) is 13.2 Å². The van der Waals surface area contributed by atoms with Gasteiger partial charge >= 0.3 is 0 Å². The van der Waals surface area contributed by atoms with Gasteiger partial charge in [0.2, 0.25) is 10.0 Å². The van der Waals surface area contributed by atoms with Crippen molar-refractivity contribution < 1.29 is 17.9 Å². The molecule has 2 rings (SSSR count). The second-order valence-electron chi connectivity index (χ2n) is 5.30. The second-order valence-corrected chi connectivity index (χ2v) is 7.18. The standard InChI is InChI=1S/C16H21N3O4S/c1-12-4-6-13(7-5-12)23-9-8-18-16(20)15-10-14(11-19(15)3)24(21,22)17-2/h4-7,10-11,17H,8-9H2,1-3H3,(H,18,20). The Bertz CT molecular complexity index is 810. The SMILES string of the molecule is CNS(=O)(=O)c1cc(C(=O)NCCOc2ccc(C)cc2)n(C)c1. The predicted molar refractivity (Wildman–Crippen MR) is 90.7 cm³/mol. The highest BCUT2D eigenvalue weighted by Gasteiger charge is 2.18. The van der Waals surface area contributed by atoms with Crippen LogP contribution in [0.4, 0.5) is 0 Å². The molecule has 0 unspecified atom stereocenters. The second kappa shape index (κ2) is 7.50. The Morgan fingerprint density at radius 2 is 1.92 bits per heavy atom. The van der Waals surface area contributed by atoms with E-state index in [1.807, 2.05) is 31.2 Å².